The first-order valence-electron chi connectivity index (χ1n) is 7.64. The van der Waals surface area contributed by atoms with Crippen LogP contribution in [0.25, 0.3) is 0 Å². The van der Waals surface area contributed by atoms with Crippen LogP contribution < -0.4 is 5.32 Å². The minimum absolute atomic E-state index is 0.127. The van der Waals surface area contributed by atoms with E-state index in [0.717, 1.165) is 16.3 Å². The summed E-state index contributed by atoms with van der Waals surface area (Å²) in [6.07, 6.45) is 0.828. The molecule has 1 aromatic carbocycles. The zero-order chi connectivity index (χ0) is 17.1. The molecule has 1 aliphatic rings. The molecular weight excluding hydrogens is 326 g/mol. The second kappa shape index (κ2) is 6.92. The van der Waals surface area contributed by atoms with Gasteiger partial charge in [-0.15, -0.1) is 11.3 Å². The largest absolute Gasteiger partial charge is 0.326 e. The number of carbonyl (C=O) groups is 3. The molecule has 1 saturated heterocycles. The number of rotatable bonds is 5. The molecule has 3 rings (SSSR count). The number of likely N-dealkylation sites (tertiary alicyclic amines) is 1. The molecule has 24 heavy (non-hydrogen) atoms. The molecule has 1 fully saturated rings. The summed E-state index contributed by atoms with van der Waals surface area (Å²) in [6.45, 7) is 2.19. The monoisotopic (exact) mass is 343 g/mol. The number of carbonyl (C=O) groups excluding carboxylic acids is 3. The van der Waals surface area contributed by atoms with Crippen LogP contribution in [0.1, 0.15) is 29.1 Å². The van der Waals surface area contributed by atoms with Gasteiger partial charge >= 0.3 is 0 Å². The Morgan fingerprint density at radius 2 is 1.88 bits per heavy atom. The standard InChI is InChI=1S/C17H17N3O3S/c1-11-18-14(10-24-11)8-15(21)19-13-4-2-12(3-5-13)9-20-16(22)6-7-17(20)23/h2-5,10H,6-9H2,1H3,(H,19,21). The summed E-state index contributed by atoms with van der Waals surface area (Å²) in [5.74, 6) is -0.384. The molecule has 2 aromatic rings. The molecule has 124 valence electrons. The first-order valence-corrected chi connectivity index (χ1v) is 8.52. The van der Waals surface area contributed by atoms with Gasteiger partial charge in [-0.05, 0) is 24.6 Å². The SMILES string of the molecule is Cc1nc(CC(=O)Nc2ccc(CN3C(=O)CCC3=O)cc2)cs1. The van der Waals surface area contributed by atoms with E-state index in [2.05, 4.69) is 10.3 Å². The molecule has 6 nitrogen and oxygen atoms in total. The summed E-state index contributed by atoms with van der Waals surface area (Å²) in [7, 11) is 0. The van der Waals surface area contributed by atoms with E-state index in [9.17, 15) is 14.4 Å². The second-order valence-electron chi connectivity index (χ2n) is 5.65. The number of aromatic nitrogens is 1. The van der Waals surface area contributed by atoms with Crippen LogP contribution in [0.15, 0.2) is 29.6 Å². The van der Waals surface area contributed by atoms with Crippen LogP contribution in [-0.2, 0) is 27.3 Å². The van der Waals surface area contributed by atoms with Gasteiger partial charge < -0.3 is 5.32 Å². The van der Waals surface area contributed by atoms with E-state index >= 15 is 0 Å². The van der Waals surface area contributed by atoms with E-state index in [4.69, 9.17) is 0 Å². The summed E-state index contributed by atoms with van der Waals surface area (Å²) in [4.78, 5) is 40.8. The molecule has 1 N–H and O–H groups in total. The molecule has 1 aromatic heterocycles. The van der Waals surface area contributed by atoms with E-state index in [1.165, 1.54) is 16.2 Å². The van der Waals surface area contributed by atoms with Crippen molar-refractivity contribution < 1.29 is 14.4 Å². The van der Waals surface area contributed by atoms with Crippen molar-refractivity contribution in [3.8, 4) is 0 Å². The van der Waals surface area contributed by atoms with Crippen LogP contribution in [0.5, 0.6) is 0 Å². The zero-order valence-corrected chi connectivity index (χ0v) is 14.1. The summed E-state index contributed by atoms with van der Waals surface area (Å²) in [5.41, 5.74) is 2.29. The maximum absolute atomic E-state index is 12.0. The lowest BCUT2D eigenvalue weighted by molar-refractivity contribution is -0.139. The molecule has 0 aliphatic carbocycles. The highest BCUT2D eigenvalue weighted by molar-refractivity contribution is 7.09. The van der Waals surface area contributed by atoms with Crippen molar-refractivity contribution >= 4 is 34.7 Å². The number of hydrogen-bond donors (Lipinski definition) is 1. The quantitative estimate of drug-likeness (QED) is 0.845. The van der Waals surface area contributed by atoms with Crippen molar-refractivity contribution in [3.63, 3.8) is 0 Å². The molecule has 0 bridgehead atoms. The van der Waals surface area contributed by atoms with Gasteiger partial charge in [0.2, 0.25) is 17.7 Å². The van der Waals surface area contributed by atoms with Crippen molar-refractivity contribution in [2.75, 3.05) is 5.32 Å². The lowest BCUT2D eigenvalue weighted by Crippen LogP contribution is -2.28. The fraction of sp³-hybridized carbons (Fsp3) is 0.294. The van der Waals surface area contributed by atoms with Crippen LogP contribution in [0.3, 0.4) is 0 Å². The number of imide groups is 1. The lowest BCUT2D eigenvalue weighted by Gasteiger charge is -2.14. The molecule has 0 radical (unpaired) electrons. The Balaban J connectivity index is 1.57. The molecular formula is C17H17N3O3S. The predicted octanol–water partition coefficient (Wildman–Crippen LogP) is 2.28. The van der Waals surface area contributed by atoms with Crippen molar-refractivity contribution in [1.82, 2.24) is 9.88 Å². The van der Waals surface area contributed by atoms with Crippen molar-refractivity contribution in [2.45, 2.75) is 32.7 Å². The average Bonchev–Trinajstić information content (AvgIpc) is 3.09. The fourth-order valence-electron chi connectivity index (χ4n) is 2.53. The average molecular weight is 343 g/mol. The van der Waals surface area contributed by atoms with Crippen LogP contribution >= 0.6 is 11.3 Å². The summed E-state index contributed by atoms with van der Waals surface area (Å²) >= 11 is 1.52. The van der Waals surface area contributed by atoms with E-state index < -0.39 is 0 Å². The van der Waals surface area contributed by atoms with Gasteiger partial charge in [0.15, 0.2) is 0 Å². The van der Waals surface area contributed by atoms with Crippen molar-refractivity contribution in [3.05, 3.63) is 45.9 Å². The second-order valence-corrected chi connectivity index (χ2v) is 6.72. The highest BCUT2D eigenvalue weighted by Gasteiger charge is 2.28. The van der Waals surface area contributed by atoms with Gasteiger partial charge in [-0.3, -0.25) is 19.3 Å². The maximum atomic E-state index is 12.0. The summed E-state index contributed by atoms with van der Waals surface area (Å²) < 4.78 is 0. The Kier molecular flexibility index (Phi) is 4.71. The van der Waals surface area contributed by atoms with Gasteiger partial charge in [-0.1, -0.05) is 12.1 Å². The molecule has 7 heteroatoms. The third kappa shape index (κ3) is 3.86. The lowest BCUT2D eigenvalue weighted by atomic mass is 10.2. The topological polar surface area (TPSA) is 79.4 Å². The molecule has 2 heterocycles. The fourth-order valence-corrected chi connectivity index (χ4v) is 3.15. The Morgan fingerprint density at radius 1 is 1.21 bits per heavy atom. The van der Waals surface area contributed by atoms with E-state index in [0.29, 0.717) is 18.5 Å². The number of thiazole rings is 1. The third-order valence-electron chi connectivity index (χ3n) is 3.74. The van der Waals surface area contributed by atoms with Gasteiger partial charge in [0.25, 0.3) is 0 Å². The highest BCUT2D eigenvalue weighted by atomic mass is 32.1. The summed E-state index contributed by atoms with van der Waals surface area (Å²) in [5, 5.41) is 5.63. The minimum atomic E-state index is -0.129. The molecule has 1 aliphatic heterocycles. The highest BCUT2D eigenvalue weighted by Crippen LogP contribution is 2.17. The number of nitrogens with one attached hydrogen (secondary N) is 1. The van der Waals surface area contributed by atoms with Crippen LogP contribution in [0.4, 0.5) is 5.69 Å². The number of hydrogen-bond acceptors (Lipinski definition) is 5. The minimum Gasteiger partial charge on any atom is -0.326 e. The number of aryl methyl sites for hydroxylation is 1. The molecule has 3 amide bonds. The number of amides is 3. The van der Waals surface area contributed by atoms with Gasteiger partial charge in [0, 0.05) is 23.9 Å². The molecule has 0 unspecified atom stereocenters. The van der Waals surface area contributed by atoms with Crippen molar-refractivity contribution in [2.24, 2.45) is 0 Å². The Hall–Kier alpha value is -2.54. The number of anilines is 1. The van der Waals surface area contributed by atoms with Crippen LogP contribution in [0, 0.1) is 6.92 Å². The van der Waals surface area contributed by atoms with Gasteiger partial charge in [-0.2, -0.15) is 0 Å². The number of nitrogens with zero attached hydrogens (tertiary/aromatic N) is 2. The molecule has 0 spiro atoms. The van der Waals surface area contributed by atoms with Gasteiger partial charge in [-0.25, -0.2) is 4.98 Å². The molecule has 0 saturated carbocycles. The smallest absolute Gasteiger partial charge is 0.230 e. The Labute approximate surface area is 143 Å². The molecule has 0 atom stereocenters. The Morgan fingerprint density at radius 3 is 2.46 bits per heavy atom. The van der Waals surface area contributed by atoms with E-state index in [-0.39, 0.29) is 30.7 Å². The number of benzene rings is 1. The van der Waals surface area contributed by atoms with Crippen LogP contribution in [0.2, 0.25) is 0 Å². The first-order chi connectivity index (χ1) is 11.5. The summed E-state index contributed by atoms with van der Waals surface area (Å²) in [6, 6.07) is 7.15. The van der Waals surface area contributed by atoms with Crippen molar-refractivity contribution in [1.29, 1.82) is 0 Å². The zero-order valence-electron chi connectivity index (χ0n) is 13.2. The normalized spacial score (nSPS) is 14.3. The van der Waals surface area contributed by atoms with E-state index in [1.807, 2.05) is 24.4 Å². The van der Waals surface area contributed by atoms with Gasteiger partial charge in [0.05, 0.1) is 23.7 Å². The van der Waals surface area contributed by atoms with Gasteiger partial charge in [0.1, 0.15) is 0 Å². The third-order valence-corrected chi connectivity index (χ3v) is 4.56. The predicted molar refractivity (Wildman–Crippen MR) is 90.4 cm³/mol. The Bertz CT molecular complexity index is 767. The van der Waals surface area contributed by atoms with E-state index in [1.54, 1.807) is 12.1 Å². The maximum Gasteiger partial charge on any atom is 0.230 e. The first kappa shape index (κ1) is 16.3. The van der Waals surface area contributed by atoms with Crippen LogP contribution in [-0.4, -0.2) is 27.6 Å².